The average Bonchev–Trinajstić information content (AvgIpc) is 3.04. The van der Waals surface area contributed by atoms with Crippen LogP contribution in [0.2, 0.25) is 0 Å². The second kappa shape index (κ2) is 8.29. The van der Waals surface area contributed by atoms with Gasteiger partial charge in [0.05, 0.1) is 28.7 Å². The van der Waals surface area contributed by atoms with Gasteiger partial charge in [-0.05, 0) is 30.7 Å². The summed E-state index contributed by atoms with van der Waals surface area (Å²) in [5, 5.41) is 23.1. The zero-order chi connectivity index (χ0) is 22.1. The van der Waals surface area contributed by atoms with Crippen molar-refractivity contribution in [2.75, 3.05) is 10.3 Å². The SMILES string of the molecule is CC[C@@H](O)[C@H]1C=C[C@H]2C(=O)N(c3ccccc3)C(=O)C2N1Nc1ccc([N+](=O)[O-])cc1. The Morgan fingerprint density at radius 2 is 1.74 bits per heavy atom. The van der Waals surface area contributed by atoms with Gasteiger partial charge >= 0.3 is 0 Å². The van der Waals surface area contributed by atoms with Crippen molar-refractivity contribution in [3.8, 4) is 0 Å². The molecule has 0 bridgehead atoms. The van der Waals surface area contributed by atoms with E-state index >= 15 is 0 Å². The number of hydrogen-bond donors (Lipinski definition) is 2. The zero-order valence-corrected chi connectivity index (χ0v) is 16.8. The molecule has 0 aromatic heterocycles. The van der Waals surface area contributed by atoms with Crippen LogP contribution in [0.5, 0.6) is 0 Å². The number of amides is 2. The van der Waals surface area contributed by atoms with Gasteiger partial charge in [-0.2, -0.15) is 0 Å². The molecule has 1 saturated heterocycles. The summed E-state index contributed by atoms with van der Waals surface area (Å²) < 4.78 is 0. The second-order valence-electron chi connectivity index (χ2n) is 7.49. The Bertz CT molecular complexity index is 1020. The van der Waals surface area contributed by atoms with Crippen LogP contribution in [-0.2, 0) is 9.59 Å². The van der Waals surface area contributed by atoms with Gasteiger partial charge in [0.1, 0.15) is 6.04 Å². The molecule has 2 N–H and O–H groups in total. The van der Waals surface area contributed by atoms with Crippen LogP contribution in [0.3, 0.4) is 0 Å². The van der Waals surface area contributed by atoms with Crippen molar-refractivity contribution >= 4 is 28.9 Å². The predicted octanol–water partition coefficient (Wildman–Crippen LogP) is 2.49. The number of rotatable bonds is 6. The molecule has 0 saturated carbocycles. The number of aliphatic hydroxyl groups excluding tert-OH is 1. The van der Waals surface area contributed by atoms with E-state index in [0.29, 0.717) is 17.8 Å². The first-order chi connectivity index (χ1) is 14.9. The maximum atomic E-state index is 13.4. The molecule has 160 valence electrons. The summed E-state index contributed by atoms with van der Waals surface area (Å²) in [5.74, 6) is -1.44. The van der Waals surface area contributed by atoms with Gasteiger partial charge in [0.2, 0.25) is 5.91 Å². The predicted molar refractivity (Wildman–Crippen MR) is 114 cm³/mol. The van der Waals surface area contributed by atoms with E-state index in [1.165, 1.54) is 29.2 Å². The molecule has 2 aliphatic rings. The minimum Gasteiger partial charge on any atom is -0.391 e. The molecular weight excluding hydrogens is 400 g/mol. The van der Waals surface area contributed by atoms with Gasteiger partial charge in [-0.3, -0.25) is 19.7 Å². The number of carbonyl (C=O) groups excluding carboxylic acids is 2. The first-order valence-electron chi connectivity index (χ1n) is 10.0. The summed E-state index contributed by atoms with van der Waals surface area (Å²) in [6, 6.07) is 13.0. The number of imide groups is 1. The van der Waals surface area contributed by atoms with Crippen molar-refractivity contribution in [3.05, 3.63) is 76.9 Å². The number of hydrogen-bond acceptors (Lipinski definition) is 7. The molecule has 0 aliphatic carbocycles. The van der Waals surface area contributed by atoms with Crippen LogP contribution in [0.4, 0.5) is 17.1 Å². The number of benzene rings is 2. The highest BCUT2D eigenvalue weighted by Gasteiger charge is 2.53. The summed E-state index contributed by atoms with van der Waals surface area (Å²) in [4.78, 5) is 38.0. The second-order valence-corrected chi connectivity index (χ2v) is 7.49. The maximum absolute atomic E-state index is 13.4. The van der Waals surface area contributed by atoms with Crippen molar-refractivity contribution in [2.24, 2.45) is 5.92 Å². The number of carbonyl (C=O) groups is 2. The molecule has 1 unspecified atom stereocenters. The number of non-ortho nitro benzene ring substituents is 1. The third kappa shape index (κ3) is 3.69. The molecule has 4 rings (SSSR count). The van der Waals surface area contributed by atoms with E-state index in [4.69, 9.17) is 0 Å². The van der Waals surface area contributed by atoms with Gasteiger partial charge in [-0.15, -0.1) is 0 Å². The molecule has 31 heavy (non-hydrogen) atoms. The third-order valence-corrected chi connectivity index (χ3v) is 5.62. The van der Waals surface area contributed by atoms with E-state index in [2.05, 4.69) is 5.43 Å². The van der Waals surface area contributed by atoms with Gasteiger partial charge in [-0.1, -0.05) is 37.3 Å². The lowest BCUT2D eigenvalue weighted by atomic mass is 9.92. The number of anilines is 2. The monoisotopic (exact) mass is 422 g/mol. The number of aliphatic hydroxyl groups is 1. The summed E-state index contributed by atoms with van der Waals surface area (Å²) >= 11 is 0. The Kier molecular flexibility index (Phi) is 5.53. The Labute approximate surface area is 178 Å². The summed E-state index contributed by atoms with van der Waals surface area (Å²) in [6.45, 7) is 1.83. The molecule has 2 heterocycles. The van der Waals surface area contributed by atoms with Crippen molar-refractivity contribution in [1.82, 2.24) is 5.01 Å². The first-order valence-corrected chi connectivity index (χ1v) is 10.0. The Morgan fingerprint density at radius 1 is 1.06 bits per heavy atom. The van der Waals surface area contributed by atoms with Gasteiger partial charge < -0.3 is 10.5 Å². The highest BCUT2D eigenvalue weighted by Crippen LogP contribution is 2.36. The lowest BCUT2D eigenvalue weighted by Crippen LogP contribution is -2.57. The highest BCUT2D eigenvalue weighted by atomic mass is 16.6. The lowest BCUT2D eigenvalue weighted by molar-refractivity contribution is -0.384. The lowest BCUT2D eigenvalue weighted by Gasteiger charge is -2.40. The van der Waals surface area contributed by atoms with Gasteiger partial charge in [-0.25, -0.2) is 9.91 Å². The molecule has 2 amide bonds. The zero-order valence-electron chi connectivity index (χ0n) is 16.8. The van der Waals surface area contributed by atoms with E-state index in [-0.39, 0.29) is 11.6 Å². The largest absolute Gasteiger partial charge is 0.391 e. The average molecular weight is 422 g/mol. The molecular formula is C22H22N4O5. The van der Waals surface area contributed by atoms with E-state index in [0.717, 1.165) is 0 Å². The van der Waals surface area contributed by atoms with Gasteiger partial charge in [0.15, 0.2) is 0 Å². The molecule has 9 nitrogen and oxygen atoms in total. The van der Waals surface area contributed by atoms with E-state index < -0.39 is 34.9 Å². The van der Waals surface area contributed by atoms with Crippen LogP contribution >= 0.6 is 0 Å². The maximum Gasteiger partial charge on any atom is 0.269 e. The van der Waals surface area contributed by atoms with Crippen LogP contribution in [0.1, 0.15) is 13.3 Å². The Hall–Kier alpha value is -3.56. The number of nitro groups is 1. The third-order valence-electron chi connectivity index (χ3n) is 5.62. The molecule has 2 aromatic rings. The number of nitrogens with zero attached hydrogens (tertiary/aromatic N) is 3. The van der Waals surface area contributed by atoms with E-state index in [1.807, 2.05) is 6.92 Å². The molecule has 4 atom stereocenters. The minimum atomic E-state index is -0.862. The van der Waals surface area contributed by atoms with Gasteiger partial charge in [0.25, 0.3) is 11.6 Å². The highest BCUT2D eigenvalue weighted by molar-refractivity contribution is 6.24. The van der Waals surface area contributed by atoms with Crippen LogP contribution < -0.4 is 10.3 Å². The molecule has 9 heteroatoms. The molecule has 0 spiro atoms. The number of fused-ring (bicyclic) bond motifs is 1. The van der Waals surface area contributed by atoms with Crippen molar-refractivity contribution in [2.45, 2.75) is 31.5 Å². The van der Waals surface area contributed by atoms with E-state index in [1.54, 1.807) is 47.5 Å². The summed E-state index contributed by atoms with van der Waals surface area (Å²) in [7, 11) is 0. The summed E-state index contributed by atoms with van der Waals surface area (Å²) in [6.07, 6.45) is 3.07. The molecule has 0 radical (unpaired) electrons. The fourth-order valence-corrected chi connectivity index (χ4v) is 4.01. The van der Waals surface area contributed by atoms with Crippen LogP contribution in [-0.4, -0.2) is 45.0 Å². The molecule has 2 aliphatic heterocycles. The topological polar surface area (TPSA) is 116 Å². The van der Waals surface area contributed by atoms with Crippen molar-refractivity contribution in [1.29, 1.82) is 0 Å². The summed E-state index contributed by atoms with van der Waals surface area (Å²) in [5.41, 5.74) is 4.04. The number of para-hydroxylation sites is 1. The van der Waals surface area contributed by atoms with Crippen molar-refractivity contribution in [3.63, 3.8) is 0 Å². The first kappa shape index (κ1) is 20.7. The van der Waals surface area contributed by atoms with E-state index in [9.17, 15) is 24.8 Å². The fraction of sp³-hybridized carbons (Fsp3) is 0.273. The Morgan fingerprint density at radius 3 is 2.35 bits per heavy atom. The number of hydrazine groups is 1. The molecule has 1 fully saturated rings. The number of nitrogens with one attached hydrogen (secondary N) is 1. The Balaban J connectivity index is 1.69. The van der Waals surface area contributed by atoms with Crippen molar-refractivity contribution < 1.29 is 19.6 Å². The van der Waals surface area contributed by atoms with Crippen LogP contribution in [0, 0.1) is 16.0 Å². The normalized spacial score (nSPS) is 24.2. The minimum absolute atomic E-state index is 0.0607. The van der Waals surface area contributed by atoms with Crippen LogP contribution in [0.15, 0.2) is 66.7 Å². The number of nitro benzene ring substituents is 1. The standard InChI is InChI=1S/C22H22N4O5/c1-2-19(27)18-13-12-17-20(22(29)24(21(17)28)15-6-4-3-5-7-15)25(18)23-14-8-10-16(11-9-14)26(30)31/h3-13,17-20,23,27H,2H2,1H3/t17-,18-,19-,20?/m1/s1. The quantitative estimate of drug-likeness (QED) is 0.318. The smallest absolute Gasteiger partial charge is 0.269 e. The molecule has 2 aromatic carbocycles. The fourth-order valence-electron chi connectivity index (χ4n) is 4.01. The van der Waals surface area contributed by atoms with Gasteiger partial charge in [0, 0.05) is 17.8 Å². The van der Waals surface area contributed by atoms with Crippen LogP contribution in [0.25, 0.3) is 0 Å².